The molecule has 0 radical (unpaired) electrons. The topological polar surface area (TPSA) is 46.9 Å². The Morgan fingerprint density at radius 2 is 1.63 bits per heavy atom. The van der Waals surface area contributed by atoms with E-state index in [0.29, 0.717) is 22.2 Å². The summed E-state index contributed by atoms with van der Waals surface area (Å²) < 4.78 is 2.30. The molecule has 4 aromatic rings. The van der Waals surface area contributed by atoms with Crippen LogP contribution in [0.5, 0.6) is 0 Å². The summed E-state index contributed by atoms with van der Waals surface area (Å²) in [5.41, 5.74) is 4.87. The molecule has 35 heavy (non-hydrogen) atoms. The first kappa shape index (κ1) is 25.4. The Hall–Kier alpha value is -2.73. The van der Waals surface area contributed by atoms with E-state index < -0.39 is 0 Å². The van der Waals surface area contributed by atoms with Gasteiger partial charge in [0.2, 0.25) is 0 Å². The molecule has 7 heteroatoms. The van der Waals surface area contributed by atoms with Crippen molar-refractivity contribution in [1.82, 2.24) is 14.9 Å². The van der Waals surface area contributed by atoms with Crippen LogP contribution in [0.2, 0.25) is 10.0 Å². The van der Waals surface area contributed by atoms with Gasteiger partial charge in [-0.2, -0.15) is 0 Å². The Morgan fingerprint density at radius 3 is 2.29 bits per heavy atom. The zero-order valence-corrected chi connectivity index (χ0v) is 21.8. The molecule has 0 aliphatic carbocycles. The fourth-order valence-corrected chi connectivity index (χ4v) is 5.44. The summed E-state index contributed by atoms with van der Waals surface area (Å²) >= 11 is 13.8. The summed E-state index contributed by atoms with van der Waals surface area (Å²) in [6.07, 6.45) is 1.82. The van der Waals surface area contributed by atoms with Crippen LogP contribution in [-0.2, 0) is 6.54 Å². The van der Waals surface area contributed by atoms with E-state index in [0.717, 1.165) is 52.8 Å². The van der Waals surface area contributed by atoms with Crippen molar-refractivity contribution in [3.05, 3.63) is 94.5 Å². The third-order valence-corrected chi connectivity index (χ3v) is 7.22. The van der Waals surface area contributed by atoms with E-state index in [9.17, 15) is 4.79 Å². The minimum absolute atomic E-state index is 0.180. The van der Waals surface area contributed by atoms with Gasteiger partial charge in [0.1, 0.15) is 0 Å². The van der Waals surface area contributed by atoms with Crippen LogP contribution in [0.1, 0.15) is 30.1 Å². The van der Waals surface area contributed by atoms with Gasteiger partial charge < -0.3 is 9.88 Å². The Kier molecular flexibility index (Phi) is 8.91. The van der Waals surface area contributed by atoms with E-state index in [4.69, 9.17) is 28.2 Å². The fourth-order valence-electron chi connectivity index (χ4n) is 3.88. The Labute approximate surface area is 220 Å². The molecule has 1 amide bonds. The highest BCUT2D eigenvalue weighted by molar-refractivity contribution is 7.99. The maximum atomic E-state index is 12.4. The number of amides is 1. The second-order valence-electron chi connectivity index (χ2n) is 8.00. The molecule has 0 unspecified atom stereocenters. The van der Waals surface area contributed by atoms with E-state index in [1.54, 1.807) is 30.0 Å². The monoisotopic (exact) mass is 523 g/mol. The third-order valence-electron chi connectivity index (χ3n) is 5.61. The number of thioether (sulfide) groups is 1. The number of aromatic nitrogens is 2. The molecule has 180 valence electrons. The first-order valence-electron chi connectivity index (χ1n) is 11.7. The van der Waals surface area contributed by atoms with Gasteiger partial charge in [-0.3, -0.25) is 4.79 Å². The van der Waals surface area contributed by atoms with E-state index in [1.165, 1.54) is 0 Å². The van der Waals surface area contributed by atoms with E-state index in [1.807, 2.05) is 24.3 Å². The summed E-state index contributed by atoms with van der Waals surface area (Å²) in [5.74, 6) is 0.734. The quantitative estimate of drug-likeness (QED) is 0.170. The standard InChI is InChI=1S/C28H27Cl2N3OS/c1-2-33-26(21-13-7-4-8-14-21)25(20-11-5-3-6-12-20)32-28(33)35-18-10-9-17-31-27(34)23-16-15-22(29)19-24(23)30/h3-8,11-16,19H,2,9-10,17-18H2,1H3,(H,31,34). The normalized spacial score (nSPS) is 10.9. The van der Waals surface area contributed by atoms with Crippen molar-refractivity contribution in [3.8, 4) is 22.5 Å². The van der Waals surface area contributed by atoms with Gasteiger partial charge in [-0.1, -0.05) is 95.6 Å². The number of hydrogen-bond donors (Lipinski definition) is 1. The maximum absolute atomic E-state index is 12.4. The molecule has 4 nitrogen and oxygen atoms in total. The highest BCUT2D eigenvalue weighted by atomic mass is 35.5. The molecule has 3 aromatic carbocycles. The first-order chi connectivity index (χ1) is 17.1. The molecule has 0 atom stereocenters. The van der Waals surface area contributed by atoms with Crippen LogP contribution in [0.4, 0.5) is 0 Å². The molecule has 1 heterocycles. The zero-order chi connectivity index (χ0) is 24.6. The van der Waals surface area contributed by atoms with Crippen molar-refractivity contribution in [1.29, 1.82) is 0 Å². The number of benzene rings is 3. The van der Waals surface area contributed by atoms with Gasteiger partial charge in [0.25, 0.3) is 5.91 Å². The van der Waals surface area contributed by atoms with Crippen LogP contribution in [0.25, 0.3) is 22.5 Å². The van der Waals surface area contributed by atoms with Crippen molar-refractivity contribution in [2.24, 2.45) is 0 Å². The molecule has 0 saturated heterocycles. The van der Waals surface area contributed by atoms with Gasteiger partial charge in [0, 0.05) is 35.0 Å². The van der Waals surface area contributed by atoms with Gasteiger partial charge in [-0.05, 0) is 38.0 Å². The lowest BCUT2D eigenvalue weighted by molar-refractivity contribution is 0.0953. The third kappa shape index (κ3) is 6.29. The van der Waals surface area contributed by atoms with Crippen molar-refractivity contribution < 1.29 is 4.79 Å². The molecule has 1 aromatic heterocycles. The van der Waals surface area contributed by atoms with Crippen LogP contribution in [0.3, 0.4) is 0 Å². The molecule has 0 spiro atoms. The number of nitrogens with zero attached hydrogens (tertiary/aromatic N) is 2. The molecule has 0 aliphatic heterocycles. The molecule has 0 bridgehead atoms. The second-order valence-corrected chi connectivity index (χ2v) is 9.91. The van der Waals surface area contributed by atoms with Crippen LogP contribution in [0, 0.1) is 0 Å². The van der Waals surface area contributed by atoms with Crippen molar-refractivity contribution >= 4 is 40.9 Å². The summed E-state index contributed by atoms with van der Waals surface area (Å²) in [5, 5.41) is 4.83. The first-order valence-corrected chi connectivity index (χ1v) is 13.4. The van der Waals surface area contributed by atoms with Crippen molar-refractivity contribution in [2.45, 2.75) is 31.5 Å². The summed E-state index contributed by atoms with van der Waals surface area (Å²) in [6, 6.07) is 25.7. The Bertz CT molecular complexity index is 1280. The molecule has 4 rings (SSSR count). The summed E-state index contributed by atoms with van der Waals surface area (Å²) in [6.45, 7) is 3.58. The summed E-state index contributed by atoms with van der Waals surface area (Å²) in [4.78, 5) is 17.4. The number of hydrogen-bond acceptors (Lipinski definition) is 3. The molecular formula is C28H27Cl2N3OS. The lowest BCUT2D eigenvalue weighted by atomic mass is 10.0. The van der Waals surface area contributed by atoms with Crippen LogP contribution in [-0.4, -0.2) is 27.8 Å². The molecular weight excluding hydrogens is 497 g/mol. The molecule has 0 saturated carbocycles. The van der Waals surface area contributed by atoms with E-state index >= 15 is 0 Å². The number of rotatable bonds is 10. The van der Waals surface area contributed by atoms with Gasteiger partial charge in [0.05, 0.1) is 22.0 Å². The van der Waals surface area contributed by atoms with E-state index in [2.05, 4.69) is 53.2 Å². The lowest BCUT2D eigenvalue weighted by Gasteiger charge is -2.11. The second kappa shape index (κ2) is 12.3. The van der Waals surface area contributed by atoms with Gasteiger partial charge in [0.15, 0.2) is 5.16 Å². The van der Waals surface area contributed by atoms with Crippen LogP contribution in [0.15, 0.2) is 84.0 Å². The predicted octanol–water partition coefficient (Wildman–Crippen LogP) is 7.85. The maximum Gasteiger partial charge on any atom is 0.252 e. The lowest BCUT2D eigenvalue weighted by Crippen LogP contribution is -2.24. The SMILES string of the molecule is CCn1c(SCCCCNC(=O)c2ccc(Cl)cc2Cl)nc(-c2ccccc2)c1-c1ccccc1. The number of imidazole rings is 1. The number of unbranched alkanes of at least 4 members (excludes halogenated alkanes) is 1. The number of carbonyl (C=O) groups excluding carboxylic acids is 1. The Balaban J connectivity index is 1.39. The average molecular weight is 525 g/mol. The van der Waals surface area contributed by atoms with Crippen molar-refractivity contribution in [3.63, 3.8) is 0 Å². The van der Waals surface area contributed by atoms with Crippen LogP contribution >= 0.6 is 35.0 Å². The Morgan fingerprint density at radius 1 is 0.943 bits per heavy atom. The highest BCUT2D eigenvalue weighted by Crippen LogP contribution is 2.36. The van der Waals surface area contributed by atoms with E-state index in [-0.39, 0.29) is 5.91 Å². The van der Waals surface area contributed by atoms with Gasteiger partial charge in [-0.15, -0.1) is 0 Å². The minimum atomic E-state index is -0.180. The largest absolute Gasteiger partial charge is 0.352 e. The molecule has 1 N–H and O–H groups in total. The summed E-state index contributed by atoms with van der Waals surface area (Å²) in [7, 11) is 0. The van der Waals surface area contributed by atoms with Gasteiger partial charge in [-0.25, -0.2) is 4.98 Å². The number of carbonyl (C=O) groups is 1. The average Bonchev–Trinajstić information content (AvgIpc) is 3.25. The fraction of sp³-hybridized carbons (Fsp3) is 0.214. The number of halogens is 2. The van der Waals surface area contributed by atoms with Gasteiger partial charge >= 0.3 is 0 Å². The predicted molar refractivity (Wildman–Crippen MR) is 148 cm³/mol. The zero-order valence-electron chi connectivity index (χ0n) is 19.5. The highest BCUT2D eigenvalue weighted by Gasteiger charge is 2.19. The molecule has 0 fully saturated rings. The smallest absolute Gasteiger partial charge is 0.252 e. The number of nitrogens with one attached hydrogen (secondary N) is 1. The molecule has 0 aliphatic rings. The van der Waals surface area contributed by atoms with Crippen molar-refractivity contribution in [2.75, 3.05) is 12.3 Å². The minimum Gasteiger partial charge on any atom is -0.352 e. The van der Waals surface area contributed by atoms with Crippen LogP contribution < -0.4 is 5.32 Å².